The Morgan fingerprint density at radius 1 is 0.623 bits per heavy atom. The first-order chi connectivity index (χ1) is 49.7. The van der Waals surface area contributed by atoms with Gasteiger partial charge in [0.1, 0.15) is 23.1 Å². The third kappa shape index (κ3) is 16.4. The van der Waals surface area contributed by atoms with E-state index in [1.807, 2.05) is 0 Å². The van der Waals surface area contributed by atoms with Crippen molar-refractivity contribution in [1.29, 1.82) is 10.5 Å². The predicted molar refractivity (Wildman–Crippen MR) is 390 cm³/mol. The van der Waals surface area contributed by atoms with E-state index in [0.29, 0.717) is 110 Å². The molecule has 0 radical (unpaired) electrons. The fraction of sp³-hybridized carbons (Fsp3) is 0.562. The first-order valence-electron chi connectivity index (χ1n) is 35.1. The third-order valence-electron chi connectivity index (χ3n) is 20.7. The van der Waals surface area contributed by atoms with Crippen LogP contribution in [-0.2, 0) is 93.3 Å². The summed E-state index contributed by atoms with van der Waals surface area (Å²) in [5, 5.41) is 52.2. The minimum atomic E-state index is -3.67. The molecule has 5 N–H and O–H groups in total. The number of aryl methyl sites for hydroxylation is 2. The Kier molecular flexibility index (Phi) is 24.3. The molecule has 0 saturated heterocycles. The van der Waals surface area contributed by atoms with Crippen LogP contribution in [0.3, 0.4) is 0 Å². The lowest BCUT2D eigenvalue weighted by molar-refractivity contribution is -0.129. The van der Waals surface area contributed by atoms with Gasteiger partial charge in [0.2, 0.25) is 5.91 Å². The highest BCUT2D eigenvalue weighted by Crippen LogP contribution is 2.52. The summed E-state index contributed by atoms with van der Waals surface area (Å²) < 4.78 is 93.9. The van der Waals surface area contributed by atoms with Crippen LogP contribution in [0.4, 0.5) is 0 Å². The van der Waals surface area contributed by atoms with Gasteiger partial charge in [0.15, 0.2) is 40.9 Å². The number of aliphatic hydroxyl groups excluding tert-OH is 1. The molecule has 106 heavy (non-hydrogen) atoms. The number of rotatable bonds is 31. The molecular weight excluding hydrogens is 1430 g/mol. The van der Waals surface area contributed by atoms with Gasteiger partial charge in [-0.25, -0.2) is 35.5 Å². The van der Waals surface area contributed by atoms with Crippen molar-refractivity contribution in [2.45, 2.75) is 160 Å². The second-order valence-corrected chi connectivity index (χ2v) is 39.1. The summed E-state index contributed by atoms with van der Waals surface area (Å²) in [4.78, 5) is 82.0. The van der Waals surface area contributed by atoms with E-state index in [-0.39, 0.29) is 120 Å². The Balaban J connectivity index is 0.000000186. The molecule has 6 heterocycles. The number of carboxylic acids is 1. The summed E-state index contributed by atoms with van der Waals surface area (Å²) in [6.45, 7) is 20.9. The van der Waals surface area contributed by atoms with E-state index < -0.39 is 82.0 Å². The number of fused-ring (bicyclic) bond motifs is 2. The zero-order valence-corrected chi connectivity index (χ0v) is 64.3. The standard InChI is InChI=1S/C27H37N5O6S.C27H33N5O5S.C19H27N3O6S/c1-18(33)15-38-17-26(2,3)39(36,37)27(10-11-27)16-32-12-9-21-22(30-31(4)23(21)25(32)35)24(34)29-14-20-7-5-19(13-28)6-8-20;1-5-14-37-18-26(2,3)38(35,36)27(11-12-27)17-32-13-10-21-22(30-31(4)23(21)25(32)34)24(33)29-16-20-8-6-19(15-28)7-9-20;1-5-10-28-12-18(2,3)29(26,27)19(7-8-19)11-22-9-6-13-14(17(24)25)20-21(4)15(13)16(22)23/h5-8,18,22,30,33H,9-12,14-17H2,1-4H3,(H,29,34);5-9H,1,10-14,16-18H2,2-4H3,(H,29,33);5H,1,6-12H2,2-4H3,(H,24,25). The van der Waals surface area contributed by atoms with Crippen molar-refractivity contribution in [3.63, 3.8) is 0 Å². The number of amides is 5. The van der Waals surface area contributed by atoms with Gasteiger partial charge in [-0.3, -0.25) is 33.3 Å². The van der Waals surface area contributed by atoms with Gasteiger partial charge in [0, 0.05) is 84.6 Å². The number of carboxylic acid groups (broad SMARTS) is 1. The molecule has 2 atom stereocenters. The number of aromatic carboxylic acids is 1. The molecule has 2 aromatic carbocycles. The molecule has 3 fully saturated rings. The smallest absolute Gasteiger partial charge is 0.356 e. The van der Waals surface area contributed by atoms with E-state index in [9.17, 15) is 64.2 Å². The molecule has 3 saturated carbocycles. The van der Waals surface area contributed by atoms with Crippen molar-refractivity contribution in [3.05, 3.63) is 141 Å². The molecule has 4 aromatic rings. The molecule has 5 amide bonds. The van der Waals surface area contributed by atoms with E-state index in [1.165, 1.54) is 21.3 Å². The lowest BCUT2D eigenvalue weighted by Crippen LogP contribution is -2.52. The Morgan fingerprint density at radius 2 is 1.00 bits per heavy atom. The van der Waals surface area contributed by atoms with Crippen LogP contribution in [0.2, 0.25) is 0 Å². The summed E-state index contributed by atoms with van der Waals surface area (Å²) in [6.07, 6.45) is 6.54. The Labute approximate surface area is 619 Å². The average Bonchev–Trinajstić information content (AvgIpc) is 1.57. The minimum absolute atomic E-state index is 0.0445. The molecule has 2 aromatic heterocycles. The predicted octanol–water partition coefficient (Wildman–Crippen LogP) is 3.80. The quantitative estimate of drug-likeness (QED) is 0.0353. The number of hydrogen-bond donors (Lipinski definition) is 5. The van der Waals surface area contributed by atoms with E-state index in [1.54, 1.807) is 138 Å². The SMILES string of the molecule is C=CCOCC(C)(C)S(=O)(=O)C1(CN2CCc3c(C(=O)NCc4ccc(C#N)cc4)nn(C)c3C2=O)CC1.C=CCOCC(C)(C)S(=O)(=O)C1(CN2CCc3c(C(=O)O)nn(C)c3C2=O)CC1.CC(O)COCC(C)(C)S(=O)(=O)C1(CN2CCC3=C(C2=O)N(C)NC3C(=O)NCc2ccc(C#N)cc2)CC1. The van der Waals surface area contributed by atoms with Gasteiger partial charge in [0.05, 0.1) is 97.5 Å². The van der Waals surface area contributed by atoms with Crippen LogP contribution in [0, 0.1) is 22.7 Å². The number of nitriles is 2. The van der Waals surface area contributed by atoms with Crippen LogP contribution in [0.15, 0.2) is 85.1 Å². The average molecular weight is 1520 g/mol. The van der Waals surface area contributed by atoms with Crippen LogP contribution < -0.4 is 16.1 Å². The number of likely N-dealkylation sites (N-methyl/N-ethyl adjacent to an activating group) is 1. The van der Waals surface area contributed by atoms with Crippen molar-refractivity contribution in [1.82, 2.24) is 55.3 Å². The maximum absolute atomic E-state index is 13.7. The zero-order valence-electron chi connectivity index (χ0n) is 61.8. The molecule has 3 aliphatic carbocycles. The van der Waals surface area contributed by atoms with E-state index >= 15 is 0 Å². The summed E-state index contributed by atoms with van der Waals surface area (Å²) in [6, 6.07) is 17.3. The number of carbonyl (C=O) groups is 6. The van der Waals surface area contributed by atoms with Crippen molar-refractivity contribution in [2.75, 3.05) is 86.0 Å². The van der Waals surface area contributed by atoms with E-state index in [2.05, 4.69) is 51.6 Å². The highest BCUT2D eigenvalue weighted by Gasteiger charge is 2.64. The van der Waals surface area contributed by atoms with Crippen molar-refractivity contribution in [2.24, 2.45) is 14.1 Å². The fourth-order valence-electron chi connectivity index (χ4n) is 14.1. The fourth-order valence-corrected chi connectivity index (χ4v) is 21.2. The number of hydrazine groups is 1. The second kappa shape index (κ2) is 31.6. The maximum Gasteiger partial charge on any atom is 0.356 e. The first-order valence-corrected chi connectivity index (χ1v) is 39.6. The summed E-state index contributed by atoms with van der Waals surface area (Å²) in [7, 11) is -6.08. The number of ether oxygens (including phenoxy) is 3. The molecule has 0 bridgehead atoms. The highest BCUT2D eigenvalue weighted by atomic mass is 32.2. The first kappa shape index (κ1) is 81.4. The molecule has 0 spiro atoms. The molecule has 7 aliphatic rings. The lowest BCUT2D eigenvalue weighted by Gasteiger charge is -2.36. The van der Waals surface area contributed by atoms with Gasteiger partial charge in [-0.1, -0.05) is 36.4 Å². The minimum Gasteiger partial charge on any atom is -0.476 e. The maximum atomic E-state index is 13.7. The van der Waals surface area contributed by atoms with Crippen LogP contribution in [0.25, 0.3) is 0 Å². The molecule has 11 rings (SSSR count). The Hall–Kier alpha value is -8.67. The Bertz CT molecular complexity index is 4550. The number of benzene rings is 2. The van der Waals surface area contributed by atoms with Crippen LogP contribution in [-0.4, -0.2) is 237 Å². The highest BCUT2D eigenvalue weighted by molar-refractivity contribution is 7.95. The summed E-state index contributed by atoms with van der Waals surface area (Å²) in [5.74, 6) is -2.83. The molecule has 4 aliphatic heterocycles. The topological polar surface area (TPSA) is 405 Å². The number of carbonyl (C=O) groups excluding carboxylic acids is 5. The van der Waals surface area contributed by atoms with Crippen molar-refractivity contribution in [3.8, 4) is 12.1 Å². The monoisotopic (exact) mass is 1520 g/mol. The van der Waals surface area contributed by atoms with E-state index in [4.69, 9.17) is 24.7 Å². The third-order valence-corrected chi connectivity index (χ3v) is 30.4. The number of hydrogen-bond acceptors (Lipinski definition) is 22. The van der Waals surface area contributed by atoms with Crippen LogP contribution in [0.1, 0.15) is 169 Å². The molecule has 33 heteroatoms. The molecule has 2 unspecified atom stereocenters. The number of sulfone groups is 3. The Morgan fingerprint density at radius 3 is 1.39 bits per heavy atom. The van der Waals surface area contributed by atoms with Crippen LogP contribution in [0.5, 0.6) is 0 Å². The van der Waals surface area contributed by atoms with Gasteiger partial charge in [-0.15, -0.1) is 13.2 Å². The molecule has 574 valence electrons. The summed E-state index contributed by atoms with van der Waals surface area (Å²) >= 11 is 0. The normalized spacial score (nSPS) is 18.8. The zero-order chi connectivity index (χ0) is 77.9. The van der Waals surface area contributed by atoms with Crippen LogP contribution >= 0.6 is 0 Å². The van der Waals surface area contributed by atoms with Gasteiger partial charge >= 0.3 is 5.97 Å². The molecular formula is C73H97N13O17S3. The number of nitrogens with one attached hydrogen (secondary N) is 3. The van der Waals surface area contributed by atoms with Gasteiger partial charge in [-0.05, 0) is 147 Å². The van der Waals surface area contributed by atoms with Gasteiger partial charge in [-0.2, -0.15) is 20.7 Å². The van der Waals surface area contributed by atoms with Crippen molar-refractivity contribution >= 4 is 65.0 Å². The van der Waals surface area contributed by atoms with E-state index in [0.717, 1.165) is 11.1 Å². The summed E-state index contributed by atoms with van der Waals surface area (Å²) in [5.41, 5.74) is 8.47. The molecule has 30 nitrogen and oxygen atoms in total. The van der Waals surface area contributed by atoms with Gasteiger partial charge < -0.3 is 54.8 Å². The van der Waals surface area contributed by atoms with Gasteiger partial charge in [0.25, 0.3) is 23.6 Å². The number of aliphatic hydroxyl groups is 1. The lowest BCUT2D eigenvalue weighted by atomic mass is 9.98. The number of aromatic nitrogens is 4. The van der Waals surface area contributed by atoms with Crippen molar-refractivity contribution < 1.29 is 78.4 Å². The largest absolute Gasteiger partial charge is 0.476 e. The second-order valence-electron chi connectivity index (χ2n) is 30.2. The number of nitrogens with zero attached hydrogens (tertiary/aromatic N) is 10.